The lowest BCUT2D eigenvalue weighted by Crippen LogP contribution is -2.22. The highest BCUT2D eigenvalue weighted by molar-refractivity contribution is 7.20. The molecule has 7 nitrogen and oxygen atoms in total. The van der Waals surface area contributed by atoms with Crippen LogP contribution in [0.4, 0.5) is 13.2 Å². The van der Waals surface area contributed by atoms with Crippen LogP contribution in [0.25, 0.3) is 10.2 Å². The van der Waals surface area contributed by atoms with Gasteiger partial charge in [0.05, 0.1) is 23.7 Å². The lowest BCUT2D eigenvalue weighted by molar-refractivity contribution is -0.144. The molecule has 4 rings (SSSR count). The molecule has 0 bridgehead atoms. The average Bonchev–Trinajstić information content (AvgIpc) is 3.38. The predicted molar refractivity (Wildman–Crippen MR) is 100 cm³/mol. The van der Waals surface area contributed by atoms with Crippen molar-refractivity contribution in [3.05, 3.63) is 64.2 Å². The number of hydrogen-bond acceptors (Lipinski definition) is 5. The number of nitrogens with zero attached hydrogens (tertiary/aromatic N) is 4. The largest absolute Gasteiger partial charge is 0.453 e. The van der Waals surface area contributed by atoms with Crippen LogP contribution in [0.1, 0.15) is 32.6 Å². The smallest absolute Gasteiger partial charge is 0.344 e. The lowest BCUT2D eigenvalue weighted by atomic mass is 10.2. The molecule has 0 aliphatic rings. The van der Waals surface area contributed by atoms with E-state index in [1.807, 2.05) is 41.9 Å². The number of amides is 1. The van der Waals surface area contributed by atoms with Crippen molar-refractivity contribution in [1.82, 2.24) is 30.3 Å². The Bertz CT molecular complexity index is 1160. The van der Waals surface area contributed by atoms with Gasteiger partial charge in [0.25, 0.3) is 11.7 Å². The highest BCUT2D eigenvalue weighted by Crippen LogP contribution is 2.29. The Morgan fingerprint density at radius 2 is 2.03 bits per heavy atom. The maximum absolute atomic E-state index is 12.5. The summed E-state index contributed by atoms with van der Waals surface area (Å²) in [5.74, 6) is -1.74. The first-order valence-corrected chi connectivity index (χ1v) is 9.40. The van der Waals surface area contributed by atoms with Crippen molar-refractivity contribution in [3.63, 3.8) is 0 Å². The summed E-state index contributed by atoms with van der Waals surface area (Å²) < 4.78 is 39.5. The SMILES string of the molecule is Cc1nn(Cc2ccccc2)c2sc(C(=O)NCc3nc(C(F)(F)F)n[nH]3)cc12. The normalized spacial score (nSPS) is 11.9. The molecule has 29 heavy (non-hydrogen) atoms. The molecule has 0 fully saturated rings. The summed E-state index contributed by atoms with van der Waals surface area (Å²) in [4.78, 5) is 17.1. The number of aromatic nitrogens is 5. The third-order valence-electron chi connectivity index (χ3n) is 4.21. The summed E-state index contributed by atoms with van der Waals surface area (Å²) in [6, 6.07) is 11.6. The van der Waals surface area contributed by atoms with Gasteiger partial charge in [0.15, 0.2) is 0 Å². The van der Waals surface area contributed by atoms with Gasteiger partial charge in [0, 0.05) is 5.39 Å². The van der Waals surface area contributed by atoms with Crippen LogP contribution in [0.2, 0.25) is 0 Å². The molecular formula is C18H15F3N6OS. The van der Waals surface area contributed by atoms with Gasteiger partial charge in [-0.3, -0.25) is 14.6 Å². The minimum absolute atomic E-state index is 0.0711. The fraction of sp³-hybridized carbons (Fsp3) is 0.222. The zero-order valence-electron chi connectivity index (χ0n) is 15.1. The van der Waals surface area contributed by atoms with Crippen LogP contribution in [0.5, 0.6) is 0 Å². The number of alkyl halides is 3. The van der Waals surface area contributed by atoms with Gasteiger partial charge in [-0.25, -0.2) is 4.98 Å². The van der Waals surface area contributed by atoms with Crippen molar-refractivity contribution >= 4 is 27.5 Å². The molecule has 1 aromatic carbocycles. The van der Waals surface area contributed by atoms with E-state index in [0.29, 0.717) is 11.4 Å². The Labute approximate surface area is 166 Å². The Hall–Kier alpha value is -3.21. The van der Waals surface area contributed by atoms with E-state index >= 15 is 0 Å². The molecule has 0 spiro atoms. The highest BCUT2D eigenvalue weighted by atomic mass is 32.1. The lowest BCUT2D eigenvalue weighted by Gasteiger charge is -2.03. The maximum atomic E-state index is 12.5. The number of hydrogen-bond donors (Lipinski definition) is 2. The number of rotatable bonds is 5. The van der Waals surface area contributed by atoms with Crippen molar-refractivity contribution in [2.75, 3.05) is 0 Å². The van der Waals surface area contributed by atoms with Crippen LogP contribution < -0.4 is 5.32 Å². The fourth-order valence-electron chi connectivity index (χ4n) is 2.84. The second-order valence-corrected chi connectivity index (χ2v) is 7.37. The van der Waals surface area contributed by atoms with Crippen LogP contribution >= 0.6 is 11.3 Å². The van der Waals surface area contributed by atoms with E-state index in [1.54, 1.807) is 6.07 Å². The molecule has 0 radical (unpaired) electrons. The van der Waals surface area contributed by atoms with Gasteiger partial charge in [-0.05, 0) is 18.6 Å². The third kappa shape index (κ3) is 3.99. The molecule has 0 saturated heterocycles. The minimum Gasteiger partial charge on any atom is -0.344 e. The summed E-state index contributed by atoms with van der Waals surface area (Å²) >= 11 is 1.28. The van der Waals surface area contributed by atoms with Crippen molar-refractivity contribution < 1.29 is 18.0 Å². The molecule has 0 saturated carbocycles. The molecule has 11 heteroatoms. The topological polar surface area (TPSA) is 88.5 Å². The number of H-pyrrole nitrogens is 1. The number of thiophene rings is 1. The molecule has 0 aliphatic carbocycles. The van der Waals surface area contributed by atoms with Gasteiger partial charge in [-0.1, -0.05) is 30.3 Å². The van der Waals surface area contributed by atoms with Crippen molar-refractivity contribution in [2.24, 2.45) is 0 Å². The minimum atomic E-state index is -4.63. The van der Waals surface area contributed by atoms with Crippen LogP contribution in [0, 0.1) is 6.92 Å². The molecule has 0 unspecified atom stereocenters. The molecule has 3 heterocycles. The Morgan fingerprint density at radius 1 is 1.28 bits per heavy atom. The van der Waals surface area contributed by atoms with Crippen LogP contribution in [0.15, 0.2) is 36.4 Å². The van der Waals surface area contributed by atoms with Gasteiger partial charge < -0.3 is 5.32 Å². The molecule has 4 aromatic rings. The van der Waals surface area contributed by atoms with Crippen LogP contribution in [-0.4, -0.2) is 30.9 Å². The van der Waals surface area contributed by atoms with Gasteiger partial charge in [-0.2, -0.15) is 18.3 Å². The second-order valence-electron chi connectivity index (χ2n) is 6.34. The van der Waals surface area contributed by atoms with Gasteiger partial charge in [0.1, 0.15) is 10.7 Å². The summed E-state index contributed by atoms with van der Waals surface area (Å²) in [7, 11) is 0. The van der Waals surface area contributed by atoms with E-state index in [4.69, 9.17) is 0 Å². The fourth-order valence-corrected chi connectivity index (χ4v) is 3.92. The number of halogens is 3. The number of carbonyl (C=O) groups is 1. The molecule has 150 valence electrons. The van der Waals surface area contributed by atoms with Crippen molar-refractivity contribution in [2.45, 2.75) is 26.2 Å². The zero-order chi connectivity index (χ0) is 20.6. The quantitative estimate of drug-likeness (QED) is 0.517. The molecule has 2 N–H and O–H groups in total. The van der Waals surface area contributed by atoms with E-state index in [-0.39, 0.29) is 12.4 Å². The van der Waals surface area contributed by atoms with E-state index < -0.39 is 17.9 Å². The first kappa shape index (κ1) is 19.1. The van der Waals surface area contributed by atoms with Crippen molar-refractivity contribution in [1.29, 1.82) is 0 Å². The van der Waals surface area contributed by atoms with E-state index in [9.17, 15) is 18.0 Å². The van der Waals surface area contributed by atoms with Crippen LogP contribution in [0.3, 0.4) is 0 Å². The average molecular weight is 420 g/mol. The second kappa shape index (κ2) is 7.32. The summed E-state index contributed by atoms with van der Waals surface area (Å²) in [6.07, 6.45) is -4.63. The first-order chi connectivity index (χ1) is 13.8. The highest BCUT2D eigenvalue weighted by Gasteiger charge is 2.36. The molecule has 0 atom stereocenters. The van der Waals surface area contributed by atoms with Gasteiger partial charge in [0.2, 0.25) is 0 Å². The van der Waals surface area contributed by atoms with E-state index in [1.165, 1.54) is 11.3 Å². The van der Waals surface area contributed by atoms with E-state index in [0.717, 1.165) is 21.5 Å². The van der Waals surface area contributed by atoms with Gasteiger partial charge in [-0.15, -0.1) is 16.4 Å². The standard InChI is InChI=1S/C18H15F3N6OS/c1-10-12-7-13(15(28)22-8-14-23-17(25-24-14)18(19,20)21)29-16(12)27(26-10)9-11-5-3-2-4-6-11/h2-7H,8-9H2,1H3,(H,22,28)(H,23,24,25). The Kier molecular flexibility index (Phi) is 4.82. The predicted octanol–water partition coefficient (Wildman–Crippen LogP) is 3.52. The molecular weight excluding hydrogens is 405 g/mol. The summed E-state index contributed by atoms with van der Waals surface area (Å²) in [5.41, 5.74) is 1.89. The van der Waals surface area contributed by atoms with Crippen LogP contribution in [-0.2, 0) is 19.3 Å². The summed E-state index contributed by atoms with van der Waals surface area (Å²) in [6.45, 7) is 2.25. The molecule has 3 aromatic heterocycles. The Morgan fingerprint density at radius 3 is 2.72 bits per heavy atom. The van der Waals surface area contributed by atoms with Gasteiger partial charge >= 0.3 is 6.18 Å². The van der Waals surface area contributed by atoms with E-state index in [2.05, 4.69) is 25.6 Å². The first-order valence-electron chi connectivity index (χ1n) is 8.59. The third-order valence-corrected chi connectivity index (χ3v) is 5.36. The van der Waals surface area contributed by atoms with Crippen molar-refractivity contribution in [3.8, 4) is 0 Å². The monoisotopic (exact) mass is 420 g/mol. The Balaban J connectivity index is 1.50. The maximum Gasteiger partial charge on any atom is 0.453 e. The molecule has 1 amide bonds. The zero-order valence-corrected chi connectivity index (χ0v) is 15.9. The number of aromatic amines is 1. The number of carbonyl (C=O) groups excluding carboxylic acids is 1. The number of nitrogens with one attached hydrogen (secondary N) is 2. The molecule has 0 aliphatic heterocycles. The number of fused-ring (bicyclic) bond motifs is 1. The number of benzene rings is 1. The number of aryl methyl sites for hydroxylation is 1. The summed E-state index contributed by atoms with van der Waals surface area (Å²) in [5, 5.41) is 13.2.